The van der Waals surface area contributed by atoms with E-state index in [0.717, 1.165) is 5.69 Å². The molecule has 0 aliphatic heterocycles. The molecule has 0 aliphatic rings. The number of amides is 2. The highest BCUT2D eigenvalue weighted by molar-refractivity contribution is 6.03. The topological polar surface area (TPSA) is 62.3 Å². The molecule has 0 aliphatic carbocycles. The molecule has 1 aromatic carbocycles. The van der Waals surface area contributed by atoms with Crippen molar-refractivity contribution in [2.24, 2.45) is 0 Å². The third kappa shape index (κ3) is 3.66. The Morgan fingerprint density at radius 1 is 1.10 bits per heavy atom. The second-order valence-corrected chi connectivity index (χ2v) is 4.90. The van der Waals surface area contributed by atoms with Crippen LogP contribution in [0.1, 0.15) is 26.5 Å². The molecule has 2 rings (SSSR count). The maximum Gasteiger partial charge on any atom is 0.274 e. The fourth-order valence-corrected chi connectivity index (χ4v) is 1.85. The van der Waals surface area contributed by atoms with Gasteiger partial charge in [-0.05, 0) is 37.3 Å². The highest BCUT2D eigenvalue weighted by Crippen LogP contribution is 2.13. The van der Waals surface area contributed by atoms with Crippen molar-refractivity contribution >= 4 is 17.5 Å². The van der Waals surface area contributed by atoms with Gasteiger partial charge in [0.05, 0.1) is 0 Å². The van der Waals surface area contributed by atoms with E-state index in [1.54, 1.807) is 50.5 Å². The first-order valence-electron chi connectivity index (χ1n) is 6.54. The fourth-order valence-electron chi connectivity index (χ4n) is 1.85. The summed E-state index contributed by atoms with van der Waals surface area (Å²) in [5.41, 5.74) is 2.21. The minimum Gasteiger partial charge on any atom is -0.345 e. The van der Waals surface area contributed by atoms with E-state index < -0.39 is 0 Å². The zero-order chi connectivity index (χ0) is 15.4. The molecule has 1 aromatic heterocycles. The molecule has 0 unspecified atom stereocenters. The van der Waals surface area contributed by atoms with E-state index in [1.165, 1.54) is 4.90 Å². The Hall–Kier alpha value is -2.69. The molecule has 0 spiro atoms. The molecule has 0 bridgehead atoms. The van der Waals surface area contributed by atoms with Gasteiger partial charge in [-0.1, -0.05) is 12.1 Å². The maximum absolute atomic E-state index is 12.1. The first kappa shape index (κ1) is 14.7. The van der Waals surface area contributed by atoms with Crippen LogP contribution in [0.3, 0.4) is 0 Å². The lowest BCUT2D eigenvalue weighted by Crippen LogP contribution is -2.22. The lowest BCUT2D eigenvalue weighted by molar-refractivity contribution is 0.0827. The first-order chi connectivity index (χ1) is 9.97. The van der Waals surface area contributed by atoms with Gasteiger partial charge in [-0.3, -0.25) is 9.59 Å². The zero-order valence-corrected chi connectivity index (χ0v) is 12.3. The van der Waals surface area contributed by atoms with Crippen molar-refractivity contribution in [2.45, 2.75) is 6.92 Å². The third-order valence-electron chi connectivity index (χ3n) is 2.89. The molecule has 2 amide bonds. The SMILES string of the molecule is Cc1cccc(C(=O)Nc2cccc(C(=O)N(C)C)c2)n1. The molecule has 108 valence electrons. The van der Waals surface area contributed by atoms with Crippen molar-refractivity contribution in [1.82, 2.24) is 9.88 Å². The number of anilines is 1. The lowest BCUT2D eigenvalue weighted by Gasteiger charge is -2.11. The quantitative estimate of drug-likeness (QED) is 0.940. The normalized spacial score (nSPS) is 10.0. The van der Waals surface area contributed by atoms with E-state index in [1.807, 2.05) is 13.0 Å². The molecular weight excluding hydrogens is 266 g/mol. The van der Waals surface area contributed by atoms with Gasteiger partial charge < -0.3 is 10.2 Å². The van der Waals surface area contributed by atoms with Crippen LogP contribution in [0.25, 0.3) is 0 Å². The number of carbonyl (C=O) groups is 2. The van der Waals surface area contributed by atoms with Crippen LogP contribution in [0.5, 0.6) is 0 Å². The van der Waals surface area contributed by atoms with Gasteiger partial charge in [0.1, 0.15) is 5.69 Å². The molecule has 5 nitrogen and oxygen atoms in total. The van der Waals surface area contributed by atoms with E-state index >= 15 is 0 Å². The monoisotopic (exact) mass is 283 g/mol. The molecule has 1 N–H and O–H groups in total. The number of benzene rings is 1. The summed E-state index contributed by atoms with van der Waals surface area (Å²) in [6, 6.07) is 12.1. The van der Waals surface area contributed by atoms with E-state index in [4.69, 9.17) is 0 Å². The molecule has 1 heterocycles. The van der Waals surface area contributed by atoms with Gasteiger partial charge in [-0.2, -0.15) is 0 Å². The summed E-state index contributed by atoms with van der Waals surface area (Å²) in [7, 11) is 3.37. The summed E-state index contributed by atoms with van der Waals surface area (Å²) in [6.45, 7) is 1.83. The summed E-state index contributed by atoms with van der Waals surface area (Å²) < 4.78 is 0. The van der Waals surface area contributed by atoms with Crippen LogP contribution >= 0.6 is 0 Å². The molecule has 5 heteroatoms. The van der Waals surface area contributed by atoms with Gasteiger partial charge in [0.15, 0.2) is 0 Å². The summed E-state index contributed by atoms with van der Waals surface area (Å²) >= 11 is 0. The first-order valence-corrected chi connectivity index (χ1v) is 6.54. The van der Waals surface area contributed by atoms with Crippen LogP contribution in [0.15, 0.2) is 42.5 Å². The number of nitrogens with zero attached hydrogens (tertiary/aromatic N) is 2. The zero-order valence-electron chi connectivity index (χ0n) is 12.3. The van der Waals surface area contributed by atoms with Gasteiger partial charge >= 0.3 is 0 Å². The number of rotatable bonds is 3. The molecule has 0 radical (unpaired) electrons. The molecular formula is C16H17N3O2. The molecule has 0 fully saturated rings. The lowest BCUT2D eigenvalue weighted by atomic mass is 10.1. The number of aromatic nitrogens is 1. The van der Waals surface area contributed by atoms with Crippen molar-refractivity contribution < 1.29 is 9.59 Å². The number of hydrogen-bond acceptors (Lipinski definition) is 3. The minimum absolute atomic E-state index is 0.111. The number of hydrogen-bond donors (Lipinski definition) is 1. The Morgan fingerprint density at radius 3 is 2.48 bits per heavy atom. The van der Waals surface area contributed by atoms with Crippen LogP contribution in [0.4, 0.5) is 5.69 Å². The Kier molecular flexibility index (Phi) is 4.33. The van der Waals surface area contributed by atoms with Crippen LogP contribution in [-0.2, 0) is 0 Å². The molecule has 21 heavy (non-hydrogen) atoms. The van der Waals surface area contributed by atoms with E-state index in [0.29, 0.717) is 16.9 Å². The maximum atomic E-state index is 12.1. The molecule has 2 aromatic rings. The number of nitrogens with one attached hydrogen (secondary N) is 1. The number of pyridine rings is 1. The molecule has 0 atom stereocenters. The predicted molar refractivity (Wildman–Crippen MR) is 81.4 cm³/mol. The molecule has 0 saturated heterocycles. The Morgan fingerprint density at radius 2 is 1.81 bits per heavy atom. The van der Waals surface area contributed by atoms with Gasteiger partial charge in [0.2, 0.25) is 0 Å². The van der Waals surface area contributed by atoms with Crippen LogP contribution in [-0.4, -0.2) is 35.8 Å². The van der Waals surface area contributed by atoms with Crippen LogP contribution < -0.4 is 5.32 Å². The van der Waals surface area contributed by atoms with Crippen molar-refractivity contribution in [2.75, 3.05) is 19.4 Å². The summed E-state index contributed by atoms with van der Waals surface area (Å²) in [4.78, 5) is 29.7. The Balaban J connectivity index is 2.18. The Bertz CT molecular complexity index is 681. The highest BCUT2D eigenvalue weighted by atomic mass is 16.2. The van der Waals surface area contributed by atoms with Crippen LogP contribution in [0.2, 0.25) is 0 Å². The van der Waals surface area contributed by atoms with Gasteiger partial charge in [-0.15, -0.1) is 0 Å². The minimum atomic E-state index is -0.298. The van der Waals surface area contributed by atoms with Crippen molar-refractivity contribution in [1.29, 1.82) is 0 Å². The largest absolute Gasteiger partial charge is 0.345 e. The van der Waals surface area contributed by atoms with E-state index in [2.05, 4.69) is 10.3 Å². The number of carbonyl (C=O) groups excluding carboxylic acids is 2. The summed E-state index contributed by atoms with van der Waals surface area (Å²) in [5, 5.41) is 2.75. The highest BCUT2D eigenvalue weighted by Gasteiger charge is 2.11. The smallest absolute Gasteiger partial charge is 0.274 e. The van der Waals surface area contributed by atoms with Crippen molar-refractivity contribution in [3.63, 3.8) is 0 Å². The van der Waals surface area contributed by atoms with Crippen LogP contribution in [0, 0.1) is 6.92 Å². The van der Waals surface area contributed by atoms with E-state index in [-0.39, 0.29) is 11.8 Å². The second kappa shape index (κ2) is 6.17. The molecule has 0 saturated carbocycles. The van der Waals surface area contributed by atoms with Crippen molar-refractivity contribution in [3.8, 4) is 0 Å². The van der Waals surface area contributed by atoms with Gasteiger partial charge in [0, 0.05) is 31.0 Å². The fraction of sp³-hybridized carbons (Fsp3) is 0.188. The standard InChI is InChI=1S/C16H17N3O2/c1-11-6-4-9-14(17-11)15(20)18-13-8-5-7-12(10-13)16(21)19(2)3/h4-10H,1-3H3,(H,18,20). The number of aryl methyl sites for hydroxylation is 1. The average molecular weight is 283 g/mol. The van der Waals surface area contributed by atoms with Crippen molar-refractivity contribution in [3.05, 3.63) is 59.4 Å². The van der Waals surface area contributed by atoms with E-state index in [9.17, 15) is 9.59 Å². The second-order valence-electron chi connectivity index (χ2n) is 4.90. The Labute approximate surface area is 123 Å². The summed E-state index contributed by atoms with van der Waals surface area (Å²) in [5.74, 6) is -0.409. The predicted octanol–water partition coefficient (Wildman–Crippen LogP) is 2.34. The van der Waals surface area contributed by atoms with Gasteiger partial charge in [-0.25, -0.2) is 4.98 Å². The summed E-state index contributed by atoms with van der Waals surface area (Å²) in [6.07, 6.45) is 0. The average Bonchev–Trinajstić information content (AvgIpc) is 2.46. The van der Waals surface area contributed by atoms with Gasteiger partial charge in [0.25, 0.3) is 11.8 Å². The third-order valence-corrected chi connectivity index (χ3v) is 2.89.